The van der Waals surface area contributed by atoms with E-state index >= 15 is 0 Å². The monoisotopic (exact) mass is 259 g/mol. The minimum absolute atomic E-state index is 0.290. The van der Waals surface area contributed by atoms with Crippen molar-refractivity contribution in [2.45, 2.75) is 12.8 Å². The fourth-order valence-electron chi connectivity index (χ4n) is 3.00. The highest BCUT2D eigenvalue weighted by Gasteiger charge is 2.32. The standard InChI is InChI=1S/C14H14ClN3/c15-14-10(6-16)5-11(7-18-14)12-2-1-9-3-4-17-8-13(9)12/h2,5,7,9,13,17H,1,3-4,8H2/t9-,13+/m0/s1. The van der Waals surface area contributed by atoms with Gasteiger partial charge in [-0.25, -0.2) is 4.98 Å². The molecule has 0 aromatic carbocycles. The van der Waals surface area contributed by atoms with Crippen molar-refractivity contribution in [1.82, 2.24) is 10.3 Å². The van der Waals surface area contributed by atoms with E-state index in [0.717, 1.165) is 31.0 Å². The number of hydrogen-bond acceptors (Lipinski definition) is 3. The Bertz CT molecular complexity index is 544. The molecule has 3 nitrogen and oxygen atoms in total. The van der Waals surface area contributed by atoms with Gasteiger partial charge in [0.15, 0.2) is 0 Å². The van der Waals surface area contributed by atoms with Crippen molar-refractivity contribution in [2.75, 3.05) is 13.1 Å². The lowest BCUT2D eigenvalue weighted by molar-refractivity contribution is 0.328. The third-order valence-electron chi connectivity index (χ3n) is 3.96. The van der Waals surface area contributed by atoms with Crippen LogP contribution in [-0.4, -0.2) is 18.1 Å². The maximum atomic E-state index is 9.01. The predicted molar refractivity (Wildman–Crippen MR) is 71.0 cm³/mol. The second-order valence-electron chi connectivity index (χ2n) is 4.93. The third kappa shape index (κ3) is 1.92. The highest BCUT2D eigenvalue weighted by atomic mass is 35.5. The van der Waals surface area contributed by atoms with E-state index in [1.165, 1.54) is 12.0 Å². The van der Waals surface area contributed by atoms with Crippen LogP contribution in [0.4, 0.5) is 0 Å². The fraction of sp³-hybridized carbons (Fsp3) is 0.429. The van der Waals surface area contributed by atoms with Gasteiger partial charge in [-0.05, 0) is 48.4 Å². The second-order valence-corrected chi connectivity index (χ2v) is 5.29. The summed E-state index contributed by atoms with van der Waals surface area (Å²) in [7, 11) is 0. The van der Waals surface area contributed by atoms with E-state index in [0.29, 0.717) is 11.5 Å². The number of piperidine rings is 1. The normalized spacial score (nSPS) is 26.3. The minimum atomic E-state index is 0.290. The summed E-state index contributed by atoms with van der Waals surface area (Å²) >= 11 is 5.88. The molecule has 1 fully saturated rings. The fourth-order valence-corrected chi connectivity index (χ4v) is 3.15. The Hall–Kier alpha value is -1.37. The van der Waals surface area contributed by atoms with Crippen LogP contribution >= 0.6 is 11.6 Å². The average Bonchev–Trinajstić information content (AvgIpc) is 2.83. The predicted octanol–water partition coefficient (Wildman–Crippen LogP) is 2.62. The number of nitriles is 1. The topological polar surface area (TPSA) is 48.7 Å². The number of nitrogens with one attached hydrogen (secondary N) is 1. The lowest BCUT2D eigenvalue weighted by atomic mass is 9.84. The molecule has 2 atom stereocenters. The second kappa shape index (κ2) is 4.72. The summed E-state index contributed by atoms with van der Waals surface area (Å²) in [4.78, 5) is 4.11. The quantitative estimate of drug-likeness (QED) is 0.789. The van der Waals surface area contributed by atoms with E-state index in [1.807, 2.05) is 6.07 Å². The Labute approximate surface area is 111 Å². The van der Waals surface area contributed by atoms with Gasteiger partial charge in [0.2, 0.25) is 0 Å². The molecule has 1 aliphatic heterocycles. The highest BCUT2D eigenvalue weighted by molar-refractivity contribution is 6.30. The lowest BCUT2D eigenvalue weighted by Crippen LogP contribution is -2.34. The first kappa shape index (κ1) is 11.7. The molecular weight excluding hydrogens is 246 g/mol. The summed E-state index contributed by atoms with van der Waals surface area (Å²) in [6.45, 7) is 2.14. The Morgan fingerprint density at radius 2 is 2.39 bits per heavy atom. The van der Waals surface area contributed by atoms with Crippen molar-refractivity contribution in [3.63, 3.8) is 0 Å². The lowest BCUT2D eigenvalue weighted by Gasteiger charge is -2.28. The van der Waals surface area contributed by atoms with Gasteiger partial charge in [-0.1, -0.05) is 17.7 Å². The molecule has 4 heteroatoms. The molecular formula is C14H14ClN3. The molecule has 3 rings (SSSR count). The molecule has 1 saturated heterocycles. The highest BCUT2D eigenvalue weighted by Crippen LogP contribution is 2.41. The van der Waals surface area contributed by atoms with Gasteiger partial charge < -0.3 is 5.32 Å². The van der Waals surface area contributed by atoms with Crippen LogP contribution in [0.25, 0.3) is 5.57 Å². The zero-order valence-electron chi connectivity index (χ0n) is 9.99. The van der Waals surface area contributed by atoms with Gasteiger partial charge in [0.25, 0.3) is 0 Å². The van der Waals surface area contributed by atoms with Gasteiger partial charge in [-0.3, -0.25) is 0 Å². The van der Waals surface area contributed by atoms with Gasteiger partial charge in [0, 0.05) is 12.7 Å². The molecule has 0 radical (unpaired) electrons. The molecule has 0 unspecified atom stereocenters. The first-order chi connectivity index (χ1) is 8.79. The van der Waals surface area contributed by atoms with Crippen molar-refractivity contribution in [3.8, 4) is 6.07 Å². The van der Waals surface area contributed by atoms with Gasteiger partial charge in [-0.15, -0.1) is 0 Å². The van der Waals surface area contributed by atoms with Crippen molar-refractivity contribution in [1.29, 1.82) is 5.26 Å². The smallest absolute Gasteiger partial charge is 0.146 e. The summed E-state index contributed by atoms with van der Waals surface area (Å²) in [5.74, 6) is 1.32. The van der Waals surface area contributed by atoms with E-state index in [2.05, 4.69) is 22.4 Å². The minimum Gasteiger partial charge on any atom is -0.316 e. The van der Waals surface area contributed by atoms with Crippen molar-refractivity contribution in [2.24, 2.45) is 11.8 Å². The van der Waals surface area contributed by atoms with Crippen molar-refractivity contribution < 1.29 is 0 Å². The van der Waals surface area contributed by atoms with Crippen LogP contribution in [0, 0.1) is 23.2 Å². The molecule has 0 bridgehead atoms. The molecule has 1 aromatic rings. The van der Waals surface area contributed by atoms with E-state index in [9.17, 15) is 0 Å². The van der Waals surface area contributed by atoms with E-state index in [-0.39, 0.29) is 5.15 Å². The van der Waals surface area contributed by atoms with Crippen LogP contribution in [0.5, 0.6) is 0 Å². The molecule has 2 heterocycles. The van der Waals surface area contributed by atoms with Crippen molar-refractivity contribution in [3.05, 3.63) is 34.6 Å². The SMILES string of the molecule is N#Cc1cc(C2=CC[C@H]3CCNC[C@@H]23)cnc1Cl. The van der Waals surface area contributed by atoms with Gasteiger partial charge in [0.1, 0.15) is 11.2 Å². The number of rotatable bonds is 1. The maximum Gasteiger partial charge on any atom is 0.146 e. The summed E-state index contributed by atoms with van der Waals surface area (Å²) in [5, 5.41) is 12.7. The van der Waals surface area contributed by atoms with Crippen LogP contribution in [0.15, 0.2) is 18.3 Å². The number of pyridine rings is 1. The van der Waals surface area contributed by atoms with Crippen LogP contribution in [-0.2, 0) is 0 Å². The number of hydrogen-bond donors (Lipinski definition) is 1. The van der Waals surface area contributed by atoms with Crippen molar-refractivity contribution >= 4 is 17.2 Å². The summed E-state index contributed by atoms with van der Waals surface area (Å²) in [6, 6.07) is 3.95. The number of nitrogens with zero attached hydrogens (tertiary/aromatic N) is 2. The number of halogens is 1. The van der Waals surface area contributed by atoms with E-state index in [4.69, 9.17) is 16.9 Å². The molecule has 2 aliphatic rings. The number of allylic oxidation sites excluding steroid dienone is 1. The number of aromatic nitrogens is 1. The summed E-state index contributed by atoms with van der Waals surface area (Å²) < 4.78 is 0. The Morgan fingerprint density at radius 1 is 1.50 bits per heavy atom. The Balaban J connectivity index is 1.94. The van der Waals surface area contributed by atoms with Crippen LogP contribution < -0.4 is 5.32 Å². The summed E-state index contributed by atoms with van der Waals surface area (Å²) in [5.41, 5.74) is 2.84. The largest absolute Gasteiger partial charge is 0.316 e. The van der Waals surface area contributed by atoms with Crippen LogP contribution in [0.3, 0.4) is 0 Å². The average molecular weight is 260 g/mol. The summed E-state index contributed by atoms with van der Waals surface area (Å²) in [6.07, 6.45) is 6.46. The molecule has 0 spiro atoms. The van der Waals surface area contributed by atoms with Crippen LogP contribution in [0.1, 0.15) is 24.0 Å². The Morgan fingerprint density at radius 3 is 3.22 bits per heavy atom. The first-order valence-electron chi connectivity index (χ1n) is 6.26. The van der Waals surface area contributed by atoms with Gasteiger partial charge >= 0.3 is 0 Å². The maximum absolute atomic E-state index is 9.01. The van der Waals surface area contributed by atoms with E-state index in [1.54, 1.807) is 6.20 Å². The zero-order chi connectivity index (χ0) is 12.5. The van der Waals surface area contributed by atoms with E-state index < -0.39 is 0 Å². The number of fused-ring (bicyclic) bond motifs is 1. The molecule has 0 amide bonds. The van der Waals surface area contributed by atoms with Gasteiger partial charge in [-0.2, -0.15) is 5.26 Å². The Kier molecular flexibility index (Phi) is 3.07. The molecule has 92 valence electrons. The molecule has 18 heavy (non-hydrogen) atoms. The molecule has 1 N–H and O–H groups in total. The zero-order valence-corrected chi connectivity index (χ0v) is 10.7. The first-order valence-corrected chi connectivity index (χ1v) is 6.64. The van der Waals surface area contributed by atoms with Crippen LogP contribution in [0.2, 0.25) is 5.15 Å². The molecule has 0 saturated carbocycles. The molecule has 1 aromatic heterocycles. The third-order valence-corrected chi connectivity index (χ3v) is 4.26. The molecule has 1 aliphatic carbocycles. The van der Waals surface area contributed by atoms with Gasteiger partial charge in [0.05, 0.1) is 5.56 Å².